The van der Waals surface area contributed by atoms with Gasteiger partial charge in [-0.15, -0.1) is 0 Å². The zero-order chi connectivity index (χ0) is 19.9. The van der Waals surface area contributed by atoms with Gasteiger partial charge in [0.2, 0.25) is 11.5 Å². The summed E-state index contributed by atoms with van der Waals surface area (Å²) >= 11 is 0. The first-order chi connectivity index (χ1) is 13.5. The molecule has 2 amide bonds. The van der Waals surface area contributed by atoms with Crippen LogP contribution in [0.5, 0.6) is 11.5 Å². The average molecular weight is 380 g/mol. The van der Waals surface area contributed by atoms with Crippen LogP contribution in [0.4, 0.5) is 5.69 Å². The van der Waals surface area contributed by atoms with Gasteiger partial charge in [0.1, 0.15) is 11.5 Å². The predicted molar refractivity (Wildman–Crippen MR) is 103 cm³/mol. The molecule has 28 heavy (non-hydrogen) atoms. The molecule has 0 radical (unpaired) electrons. The van der Waals surface area contributed by atoms with E-state index in [1.54, 1.807) is 50.6 Å². The molecular formula is C21H20N2O5. The number of anilines is 1. The van der Waals surface area contributed by atoms with E-state index in [4.69, 9.17) is 14.3 Å². The van der Waals surface area contributed by atoms with E-state index in [2.05, 4.69) is 5.48 Å². The summed E-state index contributed by atoms with van der Waals surface area (Å²) < 4.78 is 10.6. The van der Waals surface area contributed by atoms with E-state index < -0.39 is 11.5 Å². The minimum Gasteiger partial charge on any atom is -0.497 e. The van der Waals surface area contributed by atoms with E-state index in [1.807, 2.05) is 19.1 Å². The van der Waals surface area contributed by atoms with Crippen molar-refractivity contribution in [1.82, 2.24) is 5.48 Å². The number of methoxy groups -OCH3 is 2. The summed E-state index contributed by atoms with van der Waals surface area (Å²) in [5, 5.41) is 0. The number of carbonyl (C=O) groups excluding carboxylic acids is 2. The number of amides is 2. The Morgan fingerprint density at radius 1 is 1.07 bits per heavy atom. The quantitative estimate of drug-likeness (QED) is 0.822. The number of nitrogens with one attached hydrogen (secondary N) is 1. The van der Waals surface area contributed by atoms with E-state index in [0.717, 1.165) is 5.56 Å². The fourth-order valence-corrected chi connectivity index (χ4v) is 3.42. The Morgan fingerprint density at radius 2 is 1.82 bits per heavy atom. The summed E-state index contributed by atoms with van der Waals surface area (Å²) in [6.07, 6.45) is 1.57. The van der Waals surface area contributed by atoms with Crippen molar-refractivity contribution in [2.45, 2.75) is 18.9 Å². The Kier molecular flexibility index (Phi) is 4.31. The normalized spacial score (nSPS) is 21.1. The molecule has 0 unspecified atom stereocenters. The zero-order valence-corrected chi connectivity index (χ0v) is 15.8. The lowest BCUT2D eigenvalue weighted by Gasteiger charge is -2.18. The van der Waals surface area contributed by atoms with Crippen molar-refractivity contribution in [2.75, 3.05) is 19.1 Å². The number of benzene rings is 2. The molecule has 7 heteroatoms. The third-order valence-electron chi connectivity index (χ3n) is 4.94. The van der Waals surface area contributed by atoms with Gasteiger partial charge in [-0.25, -0.2) is 4.90 Å². The van der Waals surface area contributed by atoms with Crippen molar-refractivity contribution in [1.29, 1.82) is 0 Å². The van der Waals surface area contributed by atoms with E-state index >= 15 is 0 Å². The molecule has 1 N–H and O–H groups in total. The minimum atomic E-state index is -1.37. The monoisotopic (exact) mass is 380 g/mol. The van der Waals surface area contributed by atoms with Crippen molar-refractivity contribution in [3.8, 4) is 11.5 Å². The highest BCUT2D eigenvalue weighted by Crippen LogP contribution is 2.40. The van der Waals surface area contributed by atoms with Crippen LogP contribution in [0.25, 0.3) is 5.70 Å². The molecule has 2 aliphatic rings. The van der Waals surface area contributed by atoms with Gasteiger partial charge in [0, 0.05) is 11.6 Å². The molecular weight excluding hydrogens is 360 g/mol. The number of hydrogen-bond acceptors (Lipinski definition) is 6. The number of nitrogens with zero attached hydrogens (tertiary/aromatic N) is 1. The number of rotatable bonds is 4. The van der Waals surface area contributed by atoms with Crippen molar-refractivity contribution in [3.63, 3.8) is 0 Å². The van der Waals surface area contributed by atoms with Crippen LogP contribution in [0, 0.1) is 6.92 Å². The first-order valence-corrected chi connectivity index (χ1v) is 8.81. The molecule has 0 bridgehead atoms. The third-order valence-corrected chi connectivity index (χ3v) is 4.94. The second-order valence-electron chi connectivity index (χ2n) is 6.76. The summed E-state index contributed by atoms with van der Waals surface area (Å²) in [6.45, 7) is 1.94. The molecule has 1 spiro atoms. The molecule has 0 aliphatic carbocycles. The third kappa shape index (κ3) is 2.80. The predicted octanol–water partition coefficient (Wildman–Crippen LogP) is 2.59. The number of hydrogen-bond donors (Lipinski definition) is 1. The van der Waals surface area contributed by atoms with E-state index in [9.17, 15) is 9.59 Å². The number of imide groups is 1. The van der Waals surface area contributed by atoms with E-state index in [0.29, 0.717) is 28.4 Å². The van der Waals surface area contributed by atoms with Crippen molar-refractivity contribution < 1.29 is 23.9 Å². The summed E-state index contributed by atoms with van der Waals surface area (Å²) in [4.78, 5) is 32.5. The van der Waals surface area contributed by atoms with Gasteiger partial charge in [-0.1, -0.05) is 17.7 Å². The molecule has 1 saturated heterocycles. The second-order valence-corrected chi connectivity index (χ2v) is 6.76. The molecule has 1 atom stereocenters. The standard InChI is InChI=1S/C21H20N2O5/c1-13-4-6-14(7-5-13)23-19(24)12-21(20(23)25)11-17(22-28-21)16-9-8-15(26-2)10-18(16)27-3/h4-11,22H,12H2,1-3H3/t21-/m1/s1. The van der Waals surface area contributed by atoms with Gasteiger partial charge < -0.3 is 9.47 Å². The molecule has 2 aromatic carbocycles. The van der Waals surface area contributed by atoms with Crippen molar-refractivity contribution in [3.05, 3.63) is 59.7 Å². The van der Waals surface area contributed by atoms with Gasteiger partial charge in [0.05, 0.1) is 32.0 Å². The summed E-state index contributed by atoms with van der Waals surface area (Å²) in [7, 11) is 3.12. The molecule has 2 aromatic rings. The van der Waals surface area contributed by atoms with Crippen LogP contribution in [-0.2, 0) is 14.4 Å². The minimum absolute atomic E-state index is 0.0747. The highest BCUT2D eigenvalue weighted by Gasteiger charge is 2.55. The van der Waals surface area contributed by atoms with E-state index in [1.165, 1.54) is 4.90 Å². The summed E-state index contributed by atoms with van der Waals surface area (Å²) in [5.41, 5.74) is 4.26. The van der Waals surface area contributed by atoms with Crippen molar-refractivity contribution >= 4 is 23.2 Å². The smallest absolute Gasteiger partial charge is 0.273 e. The lowest BCUT2D eigenvalue weighted by atomic mass is 9.99. The number of aryl methyl sites for hydroxylation is 1. The summed E-state index contributed by atoms with van der Waals surface area (Å²) in [6, 6.07) is 12.6. The largest absolute Gasteiger partial charge is 0.497 e. The van der Waals surface area contributed by atoms with Gasteiger partial charge in [0.25, 0.3) is 5.91 Å². The molecule has 144 valence electrons. The lowest BCUT2D eigenvalue weighted by Crippen LogP contribution is -2.40. The van der Waals surface area contributed by atoms with Crippen LogP contribution < -0.4 is 19.9 Å². The van der Waals surface area contributed by atoms with Gasteiger partial charge in [-0.2, -0.15) is 0 Å². The van der Waals surface area contributed by atoms with Crippen molar-refractivity contribution in [2.24, 2.45) is 0 Å². The lowest BCUT2D eigenvalue weighted by molar-refractivity contribution is -0.136. The molecule has 2 aliphatic heterocycles. The molecule has 0 aromatic heterocycles. The Morgan fingerprint density at radius 3 is 2.50 bits per heavy atom. The van der Waals surface area contributed by atoms with Gasteiger partial charge in [0.15, 0.2) is 0 Å². The SMILES string of the molecule is COc1ccc(C2=C[C@]3(CC(=O)N(c4ccc(C)cc4)C3=O)ON2)c(OC)c1. The molecule has 4 rings (SSSR count). The Labute approximate surface area is 162 Å². The fourth-order valence-electron chi connectivity index (χ4n) is 3.42. The molecule has 1 fully saturated rings. The number of ether oxygens (including phenoxy) is 2. The molecule has 0 saturated carbocycles. The maximum atomic E-state index is 13.1. The Bertz CT molecular complexity index is 983. The first-order valence-electron chi connectivity index (χ1n) is 8.81. The van der Waals surface area contributed by atoms with Crippen LogP contribution in [0.3, 0.4) is 0 Å². The van der Waals surface area contributed by atoms with Crippen LogP contribution >= 0.6 is 0 Å². The topological polar surface area (TPSA) is 77.1 Å². The van der Waals surface area contributed by atoms with Gasteiger partial charge >= 0.3 is 0 Å². The Balaban J connectivity index is 1.69. The molecule has 2 heterocycles. The van der Waals surface area contributed by atoms with Crippen LogP contribution in [0.1, 0.15) is 17.5 Å². The maximum absolute atomic E-state index is 13.1. The fraction of sp³-hybridized carbons (Fsp3) is 0.238. The number of carbonyl (C=O) groups is 2. The van der Waals surface area contributed by atoms with Crippen LogP contribution in [0.15, 0.2) is 48.5 Å². The number of hydroxylamine groups is 1. The highest BCUT2D eigenvalue weighted by molar-refractivity contribution is 6.25. The van der Waals surface area contributed by atoms with Crippen LogP contribution in [0.2, 0.25) is 0 Å². The average Bonchev–Trinajstić information content (AvgIpc) is 3.23. The van der Waals surface area contributed by atoms with Gasteiger partial charge in [-0.05, 0) is 37.3 Å². The summed E-state index contributed by atoms with van der Waals surface area (Å²) in [5.74, 6) is 0.476. The highest BCUT2D eigenvalue weighted by atomic mass is 16.7. The first kappa shape index (κ1) is 18.1. The van der Waals surface area contributed by atoms with Crippen LogP contribution in [-0.4, -0.2) is 31.6 Å². The zero-order valence-electron chi connectivity index (χ0n) is 15.8. The second kappa shape index (κ2) is 6.69. The Hall–Kier alpha value is -3.32. The van der Waals surface area contributed by atoms with Gasteiger partial charge in [-0.3, -0.25) is 19.9 Å². The maximum Gasteiger partial charge on any atom is 0.273 e. The van der Waals surface area contributed by atoms with E-state index in [-0.39, 0.29) is 12.3 Å². The molecule has 7 nitrogen and oxygen atoms in total.